The number of halogens is 1. The predicted molar refractivity (Wildman–Crippen MR) is 38.3 cm³/mol. The third-order valence-corrected chi connectivity index (χ3v) is 1.13. The van der Waals surface area contributed by atoms with Gasteiger partial charge in [-0.15, -0.1) is 0 Å². The molecule has 0 saturated heterocycles. The number of nitrogens with two attached hydrogens (primary N) is 1. The Labute approximate surface area is 61.7 Å². The molecule has 52 valence electrons. The van der Waals surface area contributed by atoms with Crippen LogP contribution < -0.4 is 5.73 Å². The summed E-state index contributed by atoms with van der Waals surface area (Å²) in [5.41, 5.74) is 3.99. The lowest BCUT2D eigenvalue weighted by molar-refractivity contribution is -0.140. The zero-order valence-electron chi connectivity index (χ0n) is 4.97. The number of rotatable bonds is 2. The minimum Gasteiger partial charge on any atom is -0.480 e. The molecule has 0 aliphatic heterocycles. The lowest BCUT2D eigenvalue weighted by Gasteiger charge is -2.11. The van der Waals surface area contributed by atoms with Crippen molar-refractivity contribution < 1.29 is 9.90 Å². The van der Waals surface area contributed by atoms with Crippen LogP contribution in [-0.2, 0) is 4.79 Å². The maximum Gasteiger partial charge on any atom is 0.327 e. The molecule has 0 amide bonds. The molecule has 4 heteroatoms. The molecule has 0 aromatic heterocycles. The van der Waals surface area contributed by atoms with Crippen LogP contribution in [0.5, 0.6) is 0 Å². The SMILES string of the molecule is C[C@](N)(/C=C/Br)C(=O)O. The van der Waals surface area contributed by atoms with E-state index in [0.717, 1.165) is 0 Å². The topological polar surface area (TPSA) is 63.3 Å². The van der Waals surface area contributed by atoms with E-state index in [1.54, 1.807) is 0 Å². The third kappa shape index (κ3) is 2.62. The molecule has 3 N–H and O–H groups in total. The van der Waals surface area contributed by atoms with E-state index in [0.29, 0.717) is 0 Å². The Balaban J connectivity index is 4.19. The lowest BCUT2D eigenvalue weighted by atomic mass is 10.1. The lowest BCUT2D eigenvalue weighted by Crippen LogP contribution is -2.42. The fourth-order valence-electron chi connectivity index (χ4n) is 0.202. The van der Waals surface area contributed by atoms with Crippen molar-refractivity contribution >= 4 is 21.9 Å². The monoisotopic (exact) mass is 193 g/mol. The van der Waals surface area contributed by atoms with Crippen molar-refractivity contribution in [2.45, 2.75) is 12.5 Å². The van der Waals surface area contributed by atoms with Gasteiger partial charge in [0.05, 0.1) is 0 Å². The largest absolute Gasteiger partial charge is 0.480 e. The molecule has 1 atom stereocenters. The van der Waals surface area contributed by atoms with Gasteiger partial charge in [0.15, 0.2) is 0 Å². The van der Waals surface area contributed by atoms with Gasteiger partial charge in [-0.1, -0.05) is 15.9 Å². The van der Waals surface area contributed by atoms with E-state index in [9.17, 15) is 4.79 Å². The van der Waals surface area contributed by atoms with Crippen molar-refractivity contribution in [1.29, 1.82) is 0 Å². The van der Waals surface area contributed by atoms with E-state index in [1.165, 1.54) is 18.0 Å². The first-order chi connectivity index (χ1) is 4.00. The Morgan fingerprint density at radius 3 is 2.44 bits per heavy atom. The van der Waals surface area contributed by atoms with Gasteiger partial charge in [0.1, 0.15) is 5.54 Å². The molecular weight excluding hydrogens is 186 g/mol. The fraction of sp³-hybridized carbons (Fsp3) is 0.400. The van der Waals surface area contributed by atoms with Crippen molar-refractivity contribution in [2.75, 3.05) is 0 Å². The standard InChI is InChI=1S/C5H8BrNO2/c1-5(7,2-3-6)4(8)9/h2-3H,7H2,1H3,(H,8,9)/b3-2+/t5-/m0/s1. The molecule has 0 spiro atoms. The van der Waals surface area contributed by atoms with Crippen molar-refractivity contribution in [2.24, 2.45) is 5.73 Å². The highest BCUT2D eigenvalue weighted by Crippen LogP contribution is 2.02. The molecule has 0 heterocycles. The number of carboxylic acid groups (broad SMARTS) is 1. The second-order valence-corrected chi connectivity index (χ2v) is 2.41. The fourth-order valence-corrected chi connectivity index (χ4v) is 0.751. The minimum atomic E-state index is -1.26. The smallest absolute Gasteiger partial charge is 0.327 e. The van der Waals surface area contributed by atoms with Crippen LogP contribution in [0.4, 0.5) is 0 Å². The van der Waals surface area contributed by atoms with Gasteiger partial charge in [0, 0.05) is 0 Å². The van der Waals surface area contributed by atoms with E-state index in [-0.39, 0.29) is 0 Å². The summed E-state index contributed by atoms with van der Waals surface area (Å²) in [6, 6.07) is 0. The summed E-state index contributed by atoms with van der Waals surface area (Å²) in [6.07, 6.45) is 1.36. The summed E-state index contributed by atoms with van der Waals surface area (Å²) in [7, 11) is 0. The minimum absolute atomic E-state index is 1.04. The summed E-state index contributed by atoms with van der Waals surface area (Å²) in [5, 5.41) is 8.38. The summed E-state index contributed by atoms with van der Waals surface area (Å²) in [6.45, 7) is 1.41. The zero-order chi connectivity index (χ0) is 7.49. The number of carboxylic acids is 1. The molecule has 3 nitrogen and oxygen atoms in total. The van der Waals surface area contributed by atoms with Gasteiger partial charge in [-0.2, -0.15) is 0 Å². The van der Waals surface area contributed by atoms with E-state index in [2.05, 4.69) is 15.9 Å². The number of hydrogen-bond donors (Lipinski definition) is 2. The first-order valence-electron chi connectivity index (χ1n) is 2.31. The Hall–Kier alpha value is -0.350. The van der Waals surface area contributed by atoms with Crippen LogP contribution in [0.3, 0.4) is 0 Å². The van der Waals surface area contributed by atoms with Crippen LogP contribution in [0.1, 0.15) is 6.92 Å². The van der Waals surface area contributed by atoms with Crippen molar-refractivity contribution in [3.8, 4) is 0 Å². The molecule has 0 aromatic rings. The van der Waals surface area contributed by atoms with Gasteiger partial charge < -0.3 is 10.8 Å². The second-order valence-electron chi connectivity index (χ2n) is 1.88. The van der Waals surface area contributed by atoms with E-state index >= 15 is 0 Å². The molecule has 0 rings (SSSR count). The Kier molecular flexibility index (Phi) is 2.87. The van der Waals surface area contributed by atoms with Gasteiger partial charge in [-0.3, -0.25) is 0 Å². The molecule has 0 radical (unpaired) electrons. The highest BCUT2D eigenvalue weighted by Gasteiger charge is 2.23. The quantitative estimate of drug-likeness (QED) is 0.679. The van der Waals surface area contributed by atoms with Crippen LogP contribution in [0.25, 0.3) is 0 Å². The maximum atomic E-state index is 10.2. The highest BCUT2D eigenvalue weighted by atomic mass is 79.9. The average molecular weight is 194 g/mol. The molecule has 0 bridgehead atoms. The summed E-state index contributed by atoms with van der Waals surface area (Å²) in [5.74, 6) is -1.04. The molecular formula is C5H8BrNO2. The Morgan fingerprint density at radius 1 is 1.89 bits per heavy atom. The molecule has 0 saturated carbocycles. The second kappa shape index (κ2) is 2.98. The Bertz CT molecular complexity index is 142. The van der Waals surface area contributed by atoms with Gasteiger partial charge >= 0.3 is 5.97 Å². The molecule has 9 heavy (non-hydrogen) atoms. The predicted octanol–water partition coefficient (Wildman–Crippen LogP) is 0.697. The van der Waals surface area contributed by atoms with Gasteiger partial charge in [0.25, 0.3) is 0 Å². The van der Waals surface area contributed by atoms with Crippen LogP contribution in [0, 0.1) is 0 Å². The van der Waals surface area contributed by atoms with Crippen molar-refractivity contribution in [3.05, 3.63) is 11.1 Å². The van der Waals surface area contributed by atoms with Gasteiger partial charge in [0.2, 0.25) is 0 Å². The molecule has 0 aliphatic carbocycles. The van der Waals surface area contributed by atoms with Crippen molar-refractivity contribution in [3.63, 3.8) is 0 Å². The van der Waals surface area contributed by atoms with Crippen LogP contribution in [0.15, 0.2) is 11.1 Å². The van der Waals surface area contributed by atoms with E-state index < -0.39 is 11.5 Å². The van der Waals surface area contributed by atoms with Crippen molar-refractivity contribution in [1.82, 2.24) is 0 Å². The highest BCUT2D eigenvalue weighted by molar-refractivity contribution is 9.11. The van der Waals surface area contributed by atoms with Gasteiger partial charge in [-0.05, 0) is 18.0 Å². The molecule has 0 fully saturated rings. The summed E-state index contributed by atoms with van der Waals surface area (Å²) >= 11 is 2.93. The summed E-state index contributed by atoms with van der Waals surface area (Å²) in [4.78, 5) is 11.6. The first-order valence-corrected chi connectivity index (χ1v) is 3.22. The van der Waals surface area contributed by atoms with Gasteiger partial charge in [-0.25, -0.2) is 4.79 Å². The number of carbonyl (C=O) groups is 1. The number of aliphatic carboxylic acids is 1. The van der Waals surface area contributed by atoms with Crippen LogP contribution in [0.2, 0.25) is 0 Å². The normalized spacial score (nSPS) is 17.7. The van der Waals surface area contributed by atoms with E-state index in [1.807, 2.05) is 0 Å². The zero-order valence-corrected chi connectivity index (χ0v) is 6.55. The summed E-state index contributed by atoms with van der Waals surface area (Å²) < 4.78 is 0. The molecule has 0 aliphatic rings. The number of hydrogen-bond acceptors (Lipinski definition) is 2. The Morgan fingerprint density at radius 2 is 2.33 bits per heavy atom. The first kappa shape index (κ1) is 8.65. The molecule has 0 unspecified atom stereocenters. The molecule has 0 aromatic carbocycles. The van der Waals surface area contributed by atoms with E-state index in [4.69, 9.17) is 10.8 Å². The average Bonchev–Trinajstić information content (AvgIpc) is 1.65. The third-order valence-electron chi connectivity index (χ3n) is 0.870. The maximum absolute atomic E-state index is 10.2. The van der Waals surface area contributed by atoms with Crippen LogP contribution >= 0.6 is 15.9 Å². The van der Waals surface area contributed by atoms with Crippen LogP contribution in [-0.4, -0.2) is 16.6 Å².